The Kier molecular flexibility index (Phi) is 5.89. The SMILES string of the molecule is CC1(C)O[C@@H]2CC3C4CCC5=CC(=O)C=CC5(C)C4C(O)CC3(C)[C@]2(C(=O)CNC(=O)c2ccc3ncsc3c2)O1. The third-order valence-corrected chi connectivity index (χ3v) is 11.7. The summed E-state index contributed by atoms with van der Waals surface area (Å²) in [6, 6.07) is 5.31. The van der Waals surface area contributed by atoms with Crippen LogP contribution >= 0.6 is 11.3 Å². The van der Waals surface area contributed by atoms with E-state index in [9.17, 15) is 19.5 Å². The molecule has 2 aromatic rings. The molecular weight excluding hydrogens is 540 g/mol. The van der Waals surface area contributed by atoms with Gasteiger partial charge in [-0.15, -0.1) is 11.3 Å². The fraction of sp³-hybridized carbons (Fsp3) is 0.562. The lowest BCUT2D eigenvalue weighted by molar-refractivity contribution is -0.224. The lowest BCUT2D eigenvalue weighted by Crippen LogP contribution is -2.64. The van der Waals surface area contributed by atoms with Crippen LogP contribution in [0.15, 0.2) is 47.5 Å². The first kappa shape index (κ1) is 27.1. The Morgan fingerprint density at radius 3 is 2.83 bits per heavy atom. The number of amides is 1. The number of ether oxygens (including phenoxy) is 2. The van der Waals surface area contributed by atoms with E-state index in [0.29, 0.717) is 18.4 Å². The van der Waals surface area contributed by atoms with Gasteiger partial charge in [-0.05, 0) is 81.7 Å². The van der Waals surface area contributed by atoms with Crippen molar-refractivity contribution >= 4 is 39.0 Å². The predicted molar refractivity (Wildman–Crippen MR) is 153 cm³/mol. The van der Waals surface area contributed by atoms with Crippen LogP contribution in [0.1, 0.15) is 63.7 Å². The predicted octanol–water partition coefficient (Wildman–Crippen LogP) is 4.37. The van der Waals surface area contributed by atoms with Crippen LogP contribution in [0.2, 0.25) is 0 Å². The van der Waals surface area contributed by atoms with Gasteiger partial charge < -0.3 is 19.9 Å². The Balaban J connectivity index is 1.19. The maximum atomic E-state index is 14.3. The number of nitrogens with one attached hydrogen (secondary N) is 1. The van der Waals surface area contributed by atoms with E-state index in [2.05, 4.69) is 24.1 Å². The number of nitrogens with zero attached hydrogens (tertiary/aromatic N) is 1. The van der Waals surface area contributed by atoms with E-state index in [1.165, 1.54) is 11.3 Å². The second-order valence-electron chi connectivity index (χ2n) is 13.4. The largest absolute Gasteiger partial charge is 0.393 e. The number of thiazole rings is 1. The average Bonchev–Trinajstić information content (AvgIpc) is 3.56. The van der Waals surface area contributed by atoms with Crippen LogP contribution in [-0.4, -0.2) is 57.7 Å². The maximum Gasteiger partial charge on any atom is 0.251 e. The van der Waals surface area contributed by atoms with E-state index >= 15 is 0 Å². The number of aliphatic hydroxyl groups excluding tert-OH is 1. The van der Waals surface area contributed by atoms with Gasteiger partial charge in [-0.1, -0.05) is 25.5 Å². The van der Waals surface area contributed by atoms with Crippen molar-refractivity contribution in [2.45, 2.75) is 77.0 Å². The molecule has 5 aliphatic rings. The number of hydrogen-bond donors (Lipinski definition) is 2. The lowest BCUT2D eigenvalue weighted by Gasteiger charge is -2.60. The van der Waals surface area contributed by atoms with Crippen LogP contribution in [0.4, 0.5) is 0 Å². The fourth-order valence-electron chi connectivity index (χ4n) is 9.31. The summed E-state index contributed by atoms with van der Waals surface area (Å²) in [7, 11) is 0. The summed E-state index contributed by atoms with van der Waals surface area (Å²) >= 11 is 1.46. The molecule has 4 fully saturated rings. The molecule has 7 rings (SSSR count). The van der Waals surface area contributed by atoms with Crippen molar-refractivity contribution < 1.29 is 29.0 Å². The summed E-state index contributed by atoms with van der Waals surface area (Å²) in [6.45, 7) is 7.67. The molecule has 9 heteroatoms. The number of aliphatic hydroxyl groups is 1. The summed E-state index contributed by atoms with van der Waals surface area (Å²) in [5, 5.41) is 14.7. The first-order chi connectivity index (χ1) is 19.4. The Morgan fingerprint density at radius 2 is 2.02 bits per heavy atom. The van der Waals surface area contributed by atoms with E-state index in [1.807, 2.05) is 19.9 Å². The minimum Gasteiger partial charge on any atom is -0.393 e. The average molecular weight is 577 g/mol. The second-order valence-corrected chi connectivity index (χ2v) is 14.3. The van der Waals surface area contributed by atoms with E-state index in [0.717, 1.165) is 28.6 Å². The van der Waals surface area contributed by atoms with Gasteiger partial charge in [0.15, 0.2) is 23.0 Å². The van der Waals surface area contributed by atoms with Crippen molar-refractivity contribution in [3.05, 3.63) is 53.1 Å². The topological polar surface area (TPSA) is 115 Å². The van der Waals surface area contributed by atoms with Gasteiger partial charge in [0.1, 0.15) is 0 Å². The number of rotatable bonds is 4. The van der Waals surface area contributed by atoms with Gasteiger partial charge in [0.2, 0.25) is 0 Å². The van der Waals surface area contributed by atoms with Gasteiger partial charge in [-0.2, -0.15) is 0 Å². The summed E-state index contributed by atoms with van der Waals surface area (Å²) in [5.74, 6) is -1.37. The van der Waals surface area contributed by atoms with Crippen molar-refractivity contribution in [2.24, 2.45) is 28.6 Å². The molecule has 8 atom stereocenters. The lowest BCUT2D eigenvalue weighted by atomic mass is 9.46. The number of aromatic nitrogens is 1. The number of carbonyl (C=O) groups is 3. The number of Topliss-reactive ketones (excluding diaryl/α,β-unsaturated/α-hetero) is 1. The van der Waals surface area contributed by atoms with Gasteiger partial charge in [0, 0.05) is 22.3 Å². The molecule has 1 aliphatic heterocycles. The molecule has 1 aromatic carbocycles. The van der Waals surface area contributed by atoms with Crippen LogP contribution < -0.4 is 5.32 Å². The number of benzene rings is 1. The molecule has 4 aliphatic carbocycles. The van der Waals surface area contributed by atoms with Gasteiger partial charge >= 0.3 is 0 Å². The fourth-order valence-corrected chi connectivity index (χ4v) is 10.0. The molecule has 3 saturated carbocycles. The molecule has 1 amide bonds. The van der Waals surface area contributed by atoms with Crippen LogP contribution in [0, 0.1) is 28.6 Å². The van der Waals surface area contributed by atoms with Crippen LogP contribution in [0.25, 0.3) is 10.2 Å². The first-order valence-electron chi connectivity index (χ1n) is 14.5. The van der Waals surface area contributed by atoms with Crippen molar-refractivity contribution in [1.29, 1.82) is 0 Å². The molecule has 0 radical (unpaired) electrons. The first-order valence-corrected chi connectivity index (χ1v) is 15.4. The number of hydrogen-bond acceptors (Lipinski definition) is 8. The third kappa shape index (κ3) is 3.75. The number of allylic oxidation sites excluding steroid dienone is 4. The highest BCUT2D eigenvalue weighted by Crippen LogP contribution is 2.70. The second kappa shape index (κ2) is 8.89. The highest BCUT2D eigenvalue weighted by Gasteiger charge is 2.76. The summed E-state index contributed by atoms with van der Waals surface area (Å²) in [4.78, 5) is 43.9. The van der Waals surface area contributed by atoms with Crippen molar-refractivity contribution in [1.82, 2.24) is 10.3 Å². The Hall–Kier alpha value is -2.72. The molecule has 6 unspecified atom stereocenters. The van der Waals surface area contributed by atoms with Gasteiger partial charge in [-0.3, -0.25) is 14.4 Å². The van der Waals surface area contributed by atoms with Gasteiger partial charge in [0.25, 0.3) is 5.91 Å². The minimum absolute atomic E-state index is 0.00376. The van der Waals surface area contributed by atoms with Gasteiger partial charge in [0.05, 0.1) is 34.5 Å². The van der Waals surface area contributed by atoms with E-state index < -0.39 is 34.4 Å². The Morgan fingerprint density at radius 1 is 1.22 bits per heavy atom. The smallest absolute Gasteiger partial charge is 0.251 e. The Labute approximate surface area is 243 Å². The molecule has 8 nitrogen and oxygen atoms in total. The quantitative estimate of drug-likeness (QED) is 0.555. The Bertz CT molecular complexity index is 1540. The number of ketones is 2. The maximum absolute atomic E-state index is 14.3. The van der Waals surface area contributed by atoms with Crippen LogP contribution in [0.5, 0.6) is 0 Å². The van der Waals surface area contributed by atoms with E-state index in [1.54, 1.807) is 35.9 Å². The molecule has 0 bridgehead atoms. The minimum atomic E-state index is -1.29. The molecule has 1 aromatic heterocycles. The molecular formula is C32H36N2O6S. The zero-order chi connectivity index (χ0) is 28.9. The molecule has 1 saturated heterocycles. The molecule has 2 N–H and O–H groups in total. The number of carbonyl (C=O) groups excluding carboxylic acids is 3. The molecule has 41 heavy (non-hydrogen) atoms. The highest BCUT2D eigenvalue weighted by molar-refractivity contribution is 7.16. The summed E-state index contributed by atoms with van der Waals surface area (Å²) in [6.07, 6.45) is 6.83. The molecule has 216 valence electrons. The monoisotopic (exact) mass is 576 g/mol. The standard InChI is InChI=1S/C32H36N2O6S/c1-29(2)39-26-13-21-20-7-6-18-12-19(35)9-10-30(18,3)27(20)23(36)14-31(21,4)32(26,40-29)25(37)15-33-28(38)17-5-8-22-24(11-17)41-16-34-22/h5,8-12,16,20-21,23,26-27,36H,6-7,13-15H2,1-4H3,(H,33,38)/t20?,21?,23?,26-,27?,30?,31?,32-/m1/s1. The van der Waals surface area contributed by atoms with Crippen molar-refractivity contribution in [2.75, 3.05) is 6.54 Å². The normalized spacial score (nSPS) is 40.4. The third-order valence-electron chi connectivity index (χ3n) is 10.9. The van der Waals surface area contributed by atoms with Crippen LogP contribution in [-0.2, 0) is 19.1 Å². The van der Waals surface area contributed by atoms with E-state index in [4.69, 9.17) is 9.47 Å². The van der Waals surface area contributed by atoms with Crippen molar-refractivity contribution in [3.63, 3.8) is 0 Å². The highest BCUT2D eigenvalue weighted by atomic mass is 32.1. The van der Waals surface area contributed by atoms with Crippen LogP contribution in [0.3, 0.4) is 0 Å². The van der Waals surface area contributed by atoms with E-state index in [-0.39, 0.29) is 41.8 Å². The molecule has 2 heterocycles. The summed E-state index contributed by atoms with van der Waals surface area (Å²) in [5.41, 5.74) is 1.74. The summed E-state index contributed by atoms with van der Waals surface area (Å²) < 4.78 is 14.0. The zero-order valence-corrected chi connectivity index (χ0v) is 24.6. The number of fused-ring (bicyclic) bond motifs is 8. The molecule has 0 spiro atoms. The zero-order valence-electron chi connectivity index (χ0n) is 23.8. The van der Waals surface area contributed by atoms with Crippen molar-refractivity contribution in [3.8, 4) is 0 Å². The van der Waals surface area contributed by atoms with Gasteiger partial charge in [-0.25, -0.2) is 4.98 Å².